The number of fused-ring (bicyclic) bond motifs is 1. The number of ether oxygens (including phenoxy) is 1. The van der Waals surface area contributed by atoms with Crippen LogP contribution in [-0.4, -0.2) is 57.8 Å². The van der Waals surface area contributed by atoms with Crippen molar-refractivity contribution >= 4 is 40.0 Å². The molecule has 0 spiro atoms. The maximum Gasteiger partial charge on any atom is 0.407 e. The van der Waals surface area contributed by atoms with Crippen molar-refractivity contribution in [3.05, 3.63) is 53.2 Å². The highest BCUT2D eigenvalue weighted by molar-refractivity contribution is 6.08. The van der Waals surface area contributed by atoms with Crippen LogP contribution in [0.2, 0.25) is 0 Å². The third kappa shape index (κ3) is 6.03. The van der Waals surface area contributed by atoms with Crippen LogP contribution >= 0.6 is 0 Å². The molecule has 0 saturated carbocycles. The molecule has 0 fully saturated rings. The van der Waals surface area contributed by atoms with Gasteiger partial charge in [0.25, 0.3) is 5.91 Å². The van der Waals surface area contributed by atoms with E-state index in [1.54, 1.807) is 12.1 Å². The van der Waals surface area contributed by atoms with E-state index in [9.17, 15) is 19.8 Å². The minimum atomic E-state index is -1.00. The summed E-state index contributed by atoms with van der Waals surface area (Å²) in [5, 5.41) is 26.6. The number of methoxy groups -OCH3 is 1. The molecule has 0 aliphatic rings. The quantitative estimate of drug-likeness (QED) is 0.271. The Hall–Kier alpha value is -4.05. The summed E-state index contributed by atoms with van der Waals surface area (Å²) in [4.78, 5) is 29.8. The number of amides is 2. The average molecular weight is 510 g/mol. The van der Waals surface area contributed by atoms with Crippen molar-refractivity contribution < 1.29 is 24.5 Å². The molecule has 1 heterocycles. The Morgan fingerprint density at radius 3 is 2.49 bits per heavy atom. The summed E-state index contributed by atoms with van der Waals surface area (Å²) in [6, 6.07) is 9.12. The summed E-state index contributed by atoms with van der Waals surface area (Å²) < 4.78 is 5.56. The maximum absolute atomic E-state index is 12.3. The number of nitrogens with one attached hydrogen (secondary N) is 2. The van der Waals surface area contributed by atoms with E-state index in [1.165, 1.54) is 18.2 Å². The zero-order valence-corrected chi connectivity index (χ0v) is 21.9. The second-order valence-corrected chi connectivity index (χ2v) is 9.59. The summed E-state index contributed by atoms with van der Waals surface area (Å²) in [6.45, 7) is 7.97. The molecular formula is C27H35N5O5. The second-order valence-electron chi connectivity index (χ2n) is 9.59. The number of hydrogen-bond acceptors (Lipinski definition) is 7. The lowest BCUT2D eigenvalue weighted by atomic mass is 10.0. The lowest BCUT2D eigenvalue weighted by Gasteiger charge is -2.33. The standard InChI is InChI=1S/C27H35N5O5/c1-6-17-16(15-33)8-7-9-20(17)31-24-18-12-22(29-10-11-32(26(35)36)27(2,3)4)23(37-5)13-21(18)30-14-19(24)25(28)34/h7-9,12-14,29,33H,6,10-11,15H2,1-5H3,(H2,28,34)(H,30,31)(H,35,36). The summed E-state index contributed by atoms with van der Waals surface area (Å²) >= 11 is 0. The molecule has 3 rings (SSSR count). The van der Waals surface area contributed by atoms with Crippen molar-refractivity contribution in [2.75, 3.05) is 30.8 Å². The topological polar surface area (TPSA) is 150 Å². The van der Waals surface area contributed by atoms with Gasteiger partial charge in [-0.05, 0) is 50.5 Å². The lowest BCUT2D eigenvalue weighted by molar-refractivity contribution is 0.0998. The molecule has 6 N–H and O–H groups in total. The van der Waals surface area contributed by atoms with Gasteiger partial charge in [-0.15, -0.1) is 0 Å². The van der Waals surface area contributed by atoms with Gasteiger partial charge in [-0.2, -0.15) is 0 Å². The molecule has 1 aromatic heterocycles. The first-order valence-corrected chi connectivity index (χ1v) is 12.0. The first-order valence-electron chi connectivity index (χ1n) is 12.0. The Bertz CT molecular complexity index is 1300. The van der Waals surface area contributed by atoms with Crippen LogP contribution in [0.15, 0.2) is 36.5 Å². The minimum absolute atomic E-state index is 0.105. The number of carbonyl (C=O) groups excluding carboxylic acids is 1. The van der Waals surface area contributed by atoms with E-state index in [2.05, 4.69) is 15.6 Å². The molecule has 0 bridgehead atoms. The Morgan fingerprint density at radius 1 is 1.19 bits per heavy atom. The number of benzene rings is 2. The zero-order valence-electron chi connectivity index (χ0n) is 21.9. The van der Waals surface area contributed by atoms with Crippen molar-refractivity contribution in [1.82, 2.24) is 9.88 Å². The van der Waals surface area contributed by atoms with E-state index >= 15 is 0 Å². The maximum atomic E-state index is 12.3. The smallest absolute Gasteiger partial charge is 0.407 e. The fourth-order valence-electron chi connectivity index (χ4n) is 4.32. The SMILES string of the molecule is CCc1c(CO)cccc1Nc1c(C(N)=O)cnc2cc(OC)c(NCCN(C(=O)O)C(C)(C)C)cc12. The summed E-state index contributed by atoms with van der Waals surface area (Å²) in [5.41, 5.74) is 9.49. The molecule has 0 aliphatic carbocycles. The van der Waals surface area contributed by atoms with Crippen LogP contribution in [0.5, 0.6) is 5.75 Å². The van der Waals surface area contributed by atoms with E-state index in [1.807, 2.05) is 45.9 Å². The van der Waals surface area contributed by atoms with Crippen LogP contribution in [0.4, 0.5) is 21.9 Å². The second kappa shape index (κ2) is 11.3. The number of hydrogen-bond donors (Lipinski definition) is 5. The molecule has 0 atom stereocenters. The van der Waals surface area contributed by atoms with Crippen LogP contribution in [0.25, 0.3) is 10.9 Å². The summed E-state index contributed by atoms with van der Waals surface area (Å²) in [7, 11) is 1.54. The van der Waals surface area contributed by atoms with Gasteiger partial charge >= 0.3 is 6.09 Å². The van der Waals surface area contributed by atoms with Crippen LogP contribution < -0.4 is 21.1 Å². The molecule has 10 heteroatoms. The molecule has 2 amide bonds. The number of anilines is 3. The van der Waals surface area contributed by atoms with E-state index in [-0.39, 0.29) is 18.7 Å². The van der Waals surface area contributed by atoms with Gasteiger partial charge in [0.05, 0.1) is 36.2 Å². The number of nitrogens with zero attached hydrogens (tertiary/aromatic N) is 2. The van der Waals surface area contributed by atoms with Crippen molar-refractivity contribution in [2.24, 2.45) is 5.73 Å². The molecule has 0 radical (unpaired) electrons. The van der Waals surface area contributed by atoms with Gasteiger partial charge in [0.1, 0.15) is 5.75 Å². The predicted molar refractivity (Wildman–Crippen MR) is 145 cm³/mol. The number of primary amides is 1. The molecule has 0 aliphatic heterocycles. The number of carboxylic acid groups (broad SMARTS) is 1. The van der Waals surface area contributed by atoms with Gasteiger partial charge in [0.15, 0.2) is 0 Å². The van der Waals surface area contributed by atoms with Gasteiger partial charge in [-0.3, -0.25) is 9.78 Å². The van der Waals surface area contributed by atoms with E-state index in [0.717, 1.165) is 16.8 Å². The van der Waals surface area contributed by atoms with E-state index in [4.69, 9.17) is 10.5 Å². The number of aromatic nitrogens is 1. The zero-order chi connectivity index (χ0) is 27.3. The fourth-order valence-corrected chi connectivity index (χ4v) is 4.32. The third-order valence-corrected chi connectivity index (χ3v) is 6.20. The van der Waals surface area contributed by atoms with Gasteiger partial charge < -0.3 is 36.2 Å². The molecule has 0 unspecified atom stereocenters. The van der Waals surface area contributed by atoms with E-state index < -0.39 is 17.5 Å². The Labute approximate surface area is 216 Å². The minimum Gasteiger partial charge on any atom is -0.495 e. The van der Waals surface area contributed by atoms with Crippen molar-refractivity contribution in [3.63, 3.8) is 0 Å². The van der Waals surface area contributed by atoms with Crippen molar-refractivity contribution in [3.8, 4) is 5.75 Å². The third-order valence-electron chi connectivity index (χ3n) is 6.20. The molecule has 2 aromatic carbocycles. The Morgan fingerprint density at radius 2 is 1.92 bits per heavy atom. The summed E-state index contributed by atoms with van der Waals surface area (Å²) in [5.74, 6) is -0.118. The molecule has 0 saturated heterocycles. The predicted octanol–water partition coefficient (Wildman–Crippen LogP) is 4.33. The molecule has 10 nitrogen and oxygen atoms in total. The van der Waals surface area contributed by atoms with Gasteiger partial charge in [0, 0.05) is 42.0 Å². The molecule has 3 aromatic rings. The first-order chi connectivity index (χ1) is 17.5. The number of nitrogens with two attached hydrogens (primary N) is 1. The van der Waals surface area contributed by atoms with Gasteiger partial charge in [0.2, 0.25) is 0 Å². The summed E-state index contributed by atoms with van der Waals surface area (Å²) in [6.07, 6.45) is 1.09. The normalized spacial score (nSPS) is 11.3. The Balaban J connectivity index is 2.08. The van der Waals surface area contributed by atoms with Gasteiger partial charge in [-0.1, -0.05) is 19.1 Å². The molecule has 198 valence electrons. The highest BCUT2D eigenvalue weighted by Crippen LogP contribution is 2.37. The van der Waals surface area contributed by atoms with E-state index in [0.29, 0.717) is 41.0 Å². The highest BCUT2D eigenvalue weighted by Gasteiger charge is 2.25. The lowest BCUT2D eigenvalue weighted by Crippen LogP contribution is -2.47. The van der Waals surface area contributed by atoms with Crippen LogP contribution in [0.3, 0.4) is 0 Å². The van der Waals surface area contributed by atoms with Crippen LogP contribution in [0, 0.1) is 0 Å². The average Bonchev–Trinajstić information content (AvgIpc) is 2.84. The van der Waals surface area contributed by atoms with Crippen molar-refractivity contribution in [2.45, 2.75) is 46.3 Å². The monoisotopic (exact) mass is 509 g/mol. The first kappa shape index (κ1) is 27.5. The van der Waals surface area contributed by atoms with Crippen LogP contribution in [0.1, 0.15) is 49.2 Å². The van der Waals surface area contributed by atoms with Crippen LogP contribution in [-0.2, 0) is 13.0 Å². The number of aliphatic hydroxyl groups excluding tert-OH is 1. The highest BCUT2D eigenvalue weighted by atomic mass is 16.5. The Kier molecular flexibility index (Phi) is 8.44. The largest absolute Gasteiger partial charge is 0.495 e. The molecule has 37 heavy (non-hydrogen) atoms. The molecular weight excluding hydrogens is 474 g/mol. The number of rotatable bonds is 10. The number of carbonyl (C=O) groups is 2. The number of aliphatic hydroxyl groups is 1. The van der Waals surface area contributed by atoms with Crippen molar-refractivity contribution in [1.29, 1.82) is 0 Å². The fraction of sp³-hybridized carbons (Fsp3) is 0.370. The van der Waals surface area contributed by atoms with Gasteiger partial charge in [-0.25, -0.2) is 4.79 Å². The number of pyridine rings is 1.